The second-order valence-corrected chi connectivity index (χ2v) is 4.24. The van der Waals surface area contributed by atoms with Gasteiger partial charge in [-0.3, -0.25) is 4.98 Å². The van der Waals surface area contributed by atoms with E-state index in [2.05, 4.69) is 15.4 Å². The van der Waals surface area contributed by atoms with Crippen molar-refractivity contribution in [1.82, 2.24) is 14.8 Å². The van der Waals surface area contributed by atoms with Gasteiger partial charge >= 0.3 is 0 Å². The monoisotopic (exact) mass is 266 g/mol. The molecule has 2 rings (SSSR count). The average molecular weight is 267 g/mol. The molecule has 0 aliphatic rings. The largest absolute Gasteiger partial charge is 0.346 e. The van der Waals surface area contributed by atoms with Crippen molar-refractivity contribution in [2.45, 2.75) is 13.3 Å². The van der Waals surface area contributed by atoms with Crippen molar-refractivity contribution >= 4 is 34.5 Å². The number of thiocarbonyl (C=S) groups is 1. The van der Waals surface area contributed by atoms with Crippen molar-refractivity contribution in [3.8, 4) is 5.69 Å². The van der Waals surface area contributed by atoms with Crippen molar-refractivity contribution in [2.24, 2.45) is 0 Å². The van der Waals surface area contributed by atoms with E-state index >= 15 is 0 Å². The fourth-order valence-corrected chi connectivity index (χ4v) is 1.58. The van der Waals surface area contributed by atoms with Gasteiger partial charge in [-0.25, -0.2) is 4.68 Å². The summed E-state index contributed by atoms with van der Waals surface area (Å²) in [4.78, 5) is 4.76. The van der Waals surface area contributed by atoms with Crippen LogP contribution in [0.15, 0.2) is 30.7 Å². The molecule has 0 aliphatic carbocycles. The molecule has 0 bridgehead atoms. The first kappa shape index (κ1) is 12.0. The van der Waals surface area contributed by atoms with Gasteiger partial charge < -0.3 is 5.32 Å². The summed E-state index contributed by atoms with van der Waals surface area (Å²) >= 11 is 11.1. The Kier molecular flexibility index (Phi) is 3.71. The van der Waals surface area contributed by atoms with E-state index < -0.39 is 0 Å². The Morgan fingerprint density at radius 3 is 3.06 bits per heavy atom. The quantitative estimate of drug-likeness (QED) is 0.867. The average Bonchev–Trinajstić information content (AvgIpc) is 2.72. The lowest BCUT2D eigenvalue weighted by atomic mass is 10.4. The number of anilines is 1. The predicted octanol–water partition coefficient (Wildman–Crippen LogP) is 3.07. The molecule has 0 saturated carbocycles. The van der Waals surface area contributed by atoms with Crippen LogP contribution in [0.25, 0.3) is 5.69 Å². The topological polar surface area (TPSA) is 42.7 Å². The maximum absolute atomic E-state index is 6.02. The summed E-state index contributed by atoms with van der Waals surface area (Å²) in [5.74, 6) is 0. The van der Waals surface area contributed by atoms with Gasteiger partial charge in [-0.2, -0.15) is 5.10 Å². The second kappa shape index (κ2) is 5.25. The van der Waals surface area contributed by atoms with Crippen molar-refractivity contribution in [3.63, 3.8) is 0 Å². The van der Waals surface area contributed by atoms with Crippen LogP contribution in [-0.4, -0.2) is 19.8 Å². The summed E-state index contributed by atoms with van der Waals surface area (Å²) in [6.45, 7) is 1.98. The van der Waals surface area contributed by atoms with E-state index in [9.17, 15) is 0 Å². The molecule has 17 heavy (non-hydrogen) atoms. The molecule has 4 nitrogen and oxygen atoms in total. The summed E-state index contributed by atoms with van der Waals surface area (Å²) < 4.78 is 1.66. The van der Waals surface area contributed by atoms with Gasteiger partial charge in [-0.05, 0) is 18.6 Å². The molecule has 0 saturated heterocycles. The number of nitrogens with one attached hydrogen (secondary N) is 1. The minimum Gasteiger partial charge on any atom is -0.346 e. The zero-order valence-electron chi connectivity index (χ0n) is 9.22. The van der Waals surface area contributed by atoms with E-state index in [0.29, 0.717) is 10.8 Å². The number of rotatable bonds is 3. The third-order valence-corrected chi connectivity index (χ3v) is 2.84. The van der Waals surface area contributed by atoms with E-state index in [1.54, 1.807) is 23.3 Å². The molecular formula is C11H11ClN4S. The molecule has 2 aromatic rings. The molecule has 2 aromatic heterocycles. The Balaban J connectivity index is 2.28. The first-order valence-electron chi connectivity index (χ1n) is 5.16. The van der Waals surface area contributed by atoms with Gasteiger partial charge in [-0.1, -0.05) is 30.7 Å². The molecule has 0 unspecified atom stereocenters. The molecule has 0 atom stereocenters. The molecule has 0 spiro atoms. The first-order valence-corrected chi connectivity index (χ1v) is 5.94. The van der Waals surface area contributed by atoms with Crippen LogP contribution in [0.5, 0.6) is 0 Å². The van der Waals surface area contributed by atoms with E-state index in [-0.39, 0.29) is 0 Å². The van der Waals surface area contributed by atoms with Gasteiger partial charge in [0.05, 0.1) is 28.8 Å². The van der Waals surface area contributed by atoms with Crippen LogP contribution in [-0.2, 0) is 0 Å². The number of hydrogen-bond donors (Lipinski definition) is 1. The third kappa shape index (κ3) is 2.81. The maximum Gasteiger partial charge on any atom is 0.174 e. The van der Waals surface area contributed by atoms with Crippen molar-refractivity contribution < 1.29 is 0 Å². The molecule has 6 heteroatoms. The van der Waals surface area contributed by atoms with Gasteiger partial charge in [0.2, 0.25) is 0 Å². The zero-order valence-corrected chi connectivity index (χ0v) is 10.8. The Bertz CT molecular complexity index is 524. The molecule has 0 radical (unpaired) electrons. The van der Waals surface area contributed by atoms with Crippen LogP contribution in [0.1, 0.15) is 13.3 Å². The minimum atomic E-state index is 0.393. The predicted molar refractivity (Wildman–Crippen MR) is 72.9 cm³/mol. The first-order chi connectivity index (χ1) is 8.20. The fraction of sp³-hybridized carbons (Fsp3) is 0.182. The highest BCUT2D eigenvalue weighted by molar-refractivity contribution is 7.80. The van der Waals surface area contributed by atoms with Crippen molar-refractivity contribution in [2.75, 3.05) is 5.32 Å². The molecule has 0 aliphatic heterocycles. The number of aromatic nitrogens is 3. The number of nitrogens with zero attached hydrogens (tertiary/aromatic N) is 3. The normalized spacial score (nSPS) is 10.2. The number of hydrogen-bond acceptors (Lipinski definition) is 3. The van der Waals surface area contributed by atoms with Crippen molar-refractivity contribution in [1.29, 1.82) is 0 Å². The van der Waals surface area contributed by atoms with E-state index in [1.807, 2.05) is 19.1 Å². The van der Waals surface area contributed by atoms with Crippen LogP contribution in [0, 0.1) is 0 Å². The molecule has 88 valence electrons. The van der Waals surface area contributed by atoms with Crippen LogP contribution < -0.4 is 5.32 Å². The highest BCUT2D eigenvalue weighted by Gasteiger charge is 2.08. The Labute approximate surface area is 110 Å². The third-order valence-electron chi connectivity index (χ3n) is 2.17. The van der Waals surface area contributed by atoms with Crippen LogP contribution in [0.3, 0.4) is 0 Å². The molecule has 0 aromatic carbocycles. The van der Waals surface area contributed by atoms with Gasteiger partial charge in [0.1, 0.15) is 0 Å². The Hall–Kier alpha value is -1.46. The summed E-state index contributed by atoms with van der Waals surface area (Å²) in [7, 11) is 0. The van der Waals surface area contributed by atoms with Crippen LogP contribution in [0.2, 0.25) is 5.15 Å². The van der Waals surface area contributed by atoms with E-state index in [1.165, 1.54) is 0 Å². The summed E-state index contributed by atoms with van der Waals surface area (Å²) in [6, 6.07) is 3.74. The summed E-state index contributed by atoms with van der Waals surface area (Å²) in [6.07, 6.45) is 5.98. The number of pyridine rings is 1. The minimum absolute atomic E-state index is 0.393. The van der Waals surface area contributed by atoms with Gasteiger partial charge in [0, 0.05) is 6.20 Å². The Morgan fingerprint density at radius 1 is 1.59 bits per heavy atom. The lowest BCUT2D eigenvalue weighted by Gasteiger charge is -2.01. The Morgan fingerprint density at radius 2 is 2.41 bits per heavy atom. The van der Waals surface area contributed by atoms with E-state index in [4.69, 9.17) is 23.8 Å². The summed E-state index contributed by atoms with van der Waals surface area (Å²) in [5.41, 5.74) is 1.56. The summed E-state index contributed by atoms with van der Waals surface area (Å²) in [5, 5.41) is 7.63. The fourth-order valence-electron chi connectivity index (χ4n) is 1.30. The molecular weight excluding hydrogens is 256 g/mol. The van der Waals surface area contributed by atoms with Crippen LogP contribution in [0.4, 0.5) is 5.69 Å². The standard InChI is InChI=1S/C11H11ClN4S/c1-2-10(17)14-9-7-16(15-11(9)12)8-4-3-5-13-6-8/h3-7H,2H2,1H3,(H,14,17). The highest BCUT2D eigenvalue weighted by Crippen LogP contribution is 2.21. The van der Waals surface area contributed by atoms with Crippen LogP contribution >= 0.6 is 23.8 Å². The number of halogens is 1. The molecule has 0 fully saturated rings. The SMILES string of the molecule is CCC(=S)Nc1cn(-c2cccnc2)nc1Cl. The lowest BCUT2D eigenvalue weighted by Crippen LogP contribution is -2.06. The van der Waals surface area contributed by atoms with Gasteiger partial charge in [0.15, 0.2) is 5.15 Å². The molecule has 0 amide bonds. The van der Waals surface area contributed by atoms with E-state index in [0.717, 1.165) is 17.1 Å². The molecule has 2 heterocycles. The van der Waals surface area contributed by atoms with Crippen molar-refractivity contribution in [3.05, 3.63) is 35.9 Å². The maximum atomic E-state index is 6.02. The smallest absolute Gasteiger partial charge is 0.174 e. The lowest BCUT2D eigenvalue weighted by molar-refractivity contribution is 0.874. The van der Waals surface area contributed by atoms with Gasteiger partial charge in [-0.15, -0.1) is 0 Å². The zero-order chi connectivity index (χ0) is 12.3. The molecule has 1 N–H and O–H groups in total. The highest BCUT2D eigenvalue weighted by atomic mass is 35.5. The van der Waals surface area contributed by atoms with Gasteiger partial charge in [0.25, 0.3) is 0 Å². The second-order valence-electron chi connectivity index (χ2n) is 3.39.